The van der Waals surface area contributed by atoms with E-state index < -0.39 is 0 Å². The van der Waals surface area contributed by atoms with E-state index in [9.17, 15) is 0 Å². The number of anilines is 1. The Kier molecular flexibility index (Phi) is 4.43. The first-order valence-corrected chi connectivity index (χ1v) is 8.18. The first-order chi connectivity index (χ1) is 8.39. The summed E-state index contributed by atoms with van der Waals surface area (Å²) in [6.45, 7) is 7.13. The summed E-state index contributed by atoms with van der Waals surface area (Å²) in [6, 6.07) is 6.80. The van der Waals surface area contributed by atoms with Crippen molar-refractivity contribution >= 4 is 37.5 Å². The highest BCUT2D eigenvalue weighted by molar-refractivity contribution is 9.11. The number of para-hydroxylation sites is 1. The van der Waals surface area contributed by atoms with Crippen molar-refractivity contribution < 1.29 is 0 Å². The number of nitrogens with one attached hydrogen (secondary N) is 1. The van der Waals surface area contributed by atoms with Gasteiger partial charge in [-0.2, -0.15) is 0 Å². The van der Waals surface area contributed by atoms with Crippen LogP contribution >= 0.6 is 31.9 Å². The molecule has 0 spiro atoms. The molecule has 1 aromatic carbocycles. The third kappa shape index (κ3) is 3.30. The molecule has 2 rings (SSSR count). The molecule has 2 atom stereocenters. The highest BCUT2D eigenvalue weighted by Crippen LogP contribution is 2.41. The van der Waals surface area contributed by atoms with Crippen LogP contribution in [-0.4, -0.2) is 6.04 Å². The van der Waals surface area contributed by atoms with Gasteiger partial charge in [0.15, 0.2) is 0 Å². The number of rotatable bonds is 2. The molecule has 1 saturated carbocycles. The summed E-state index contributed by atoms with van der Waals surface area (Å²) in [5.74, 6) is 0.716. The van der Waals surface area contributed by atoms with Crippen LogP contribution in [0.25, 0.3) is 0 Å². The molecule has 2 unspecified atom stereocenters. The highest BCUT2D eigenvalue weighted by Gasteiger charge is 2.32. The molecule has 0 amide bonds. The molecule has 0 heterocycles. The fraction of sp³-hybridized carbons (Fsp3) is 0.600. The van der Waals surface area contributed by atoms with E-state index in [2.05, 4.69) is 70.1 Å². The van der Waals surface area contributed by atoms with Crippen molar-refractivity contribution in [1.82, 2.24) is 0 Å². The van der Waals surface area contributed by atoms with Crippen molar-refractivity contribution in [3.8, 4) is 0 Å². The summed E-state index contributed by atoms with van der Waals surface area (Å²) < 4.78 is 2.27. The summed E-state index contributed by atoms with van der Waals surface area (Å²) in [6.07, 6.45) is 3.85. The Bertz CT molecular complexity index is 408. The van der Waals surface area contributed by atoms with E-state index in [0.717, 1.165) is 8.95 Å². The maximum absolute atomic E-state index is 3.71. The number of hydrogen-bond donors (Lipinski definition) is 1. The smallest absolute Gasteiger partial charge is 0.0631 e. The monoisotopic (exact) mass is 373 g/mol. The third-order valence-electron chi connectivity index (χ3n) is 3.99. The van der Waals surface area contributed by atoms with Crippen LogP contribution in [0.4, 0.5) is 5.69 Å². The van der Waals surface area contributed by atoms with Crippen molar-refractivity contribution in [3.05, 3.63) is 27.1 Å². The SMILES string of the molecule is CC1CC(C)(C)CCC1Nc1c(Br)cccc1Br. The molecule has 1 fully saturated rings. The standard InChI is InChI=1S/C15H21Br2N/c1-10-9-15(2,3)8-7-13(10)18-14-11(16)5-4-6-12(14)17/h4-6,10,13,18H,7-9H2,1-3H3. The molecule has 1 aromatic rings. The average molecular weight is 375 g/mol. The Hall–Kier alpha value is -0.0200. The maximum Gasteiger partial charge on any atom is 0.0631 e. The van der Waals surface area contributed by atoms with Gasteiger partial charge in [-0.25, -0.2) is 0 Å². The quantitative estimate of drug-likeness (QED) is 0.685. The molecule has 1 aliphatic rings. The molecule has 0 bridgehead atoms. The van der Waals surface area contributed by atoms with Crippen LogP contribution in [0.2, 0.25) is 0 Å². The third-order valence-corrected chi connectivity index (χ3v) is 5.31. The van der Waals surface area contributed by atoms with Crippen molar-refractivity contribution in [2.75, 3.05) is 5.32 Å². The number of halogens is 2. The van der Waals surface area contributed by atoms with E-state index in [4.69, 9.17) is 0 Å². The molecule has 0 radical (unpaired) electrons. The van der Waals surface area contributed by atoms with Crippen LogP contribution in [0.5, 0.6) is 0 Å². The van der Waals surface area contributed by atoms with Gasteiger partial charge in [-0.05, 0) is 74.6 Å². The molecule has 100 valence electrons. The van der Waals surface area contributed by atoms with Crippen LogP contribution < -0.4 is 5.32 Å². The van der Waals surface area contributed by atoms with E-state index in [0.29, 0.717) is 17.4 Å². The van der Waals surface area contributed by atoms with Gasteiger partial charge in [0, 0.05) is 15.0 Å². The van der Waals surface area contributed by atoms with Gasteiger partial charge >= 0.3 is 0 Å². The van der Waals surface area contributed by atoms with Gasteiger partial charge in [0.25, 0.3) is 0 Å². The summed E-state index contributed by atoms with van der Waals surface area (Å²) in [7, 11) is 0. The topological polar surface area (TPSA) is 12.0 Å². The minimum Gasteiger partial charge on any atom is -0.380 e. The highest BCUT2D eigenvalue weighted by atomic mass is 79.9. The van der Waals surface area contributed by atoms with Crippen LogP contribution in [0, 0.1) is 11.3 Å². The Labute approximate surface area is 127 Å². The minimum absolute atomic E-state index is 0.503. The Morgan fingerprint density at radius 2 is 1.83 bits per heavy atom. The van der Waals surface area contributed by atoms with Gasteiger partial charge in [-0.3, -0.25) is 0 Å². The van der Waals surface area contributed by atoms with Gasteiger partial charge in [-0.15, -0.1) is 0 Å². The normalized spacial score (nSPS) is 26.9. The van der Waals surface area contributed by atoms with Crippen LogP contribution in [0.15, 0.2) is 27.1 Å². The van der Waals surface area contributed by atoms with Gasteiger partial charge in [0.1, 0.15) is 0 Å². The van der Waals surface area contributed by atoms with Crippen molar-refractivity contribution in [1.29, 1.82) is 0 Å². The van der Waals surface area contributed by atoms with Crippen molar-refractivity contribution in [2.45, 2.75) is 46.1 Å². The maximum atomic E-state index is 3.71. The zero-order valence-electron chi connectivity index (χ0n) is 11.3. The molecular formula is C15H21Br2N. The lowest BCUT2D eigenvalue weighted by Crippen LogP contribution is -2.37. The molecule has 1 aliphatic carbocycles. The van der Waals surface area contributed by atoms with Crippen LogP contribution in [0.1, 0.15) is 40.0 Å². The van der Waals surface area contributed by atoms with E-state index in [-0.39, 0.29) is 0 Å². The summed E-state index contributed by atoms with van der Waals surface area (Å²) in [4.78, 5) is 0. The largest absolute Gasteiger partial charge is 0.380 e. The predicted octanol–water partition coefficient (Wildman–Crippen LogP) is 5.84. The number of benzene rings is 1. The first kappa shape index (κ1) is 14.4. The fourth-order valence-corrected chi connectivity index (χ4v) is 4.21. The molecule has 0 aliphatic heterocycles. The molecule has 1 N–H and O–H groups in total. The summed E-state index contributed by atoms with van der Waals surface area (Å²) in [5, 5.41) is 3.71. The molecule has 0 saturated heterocycles. The van der Waals surface area contributed by atoms with Crippen molar-refractivity contribution in [2.24, 2.45) is 11.3 Å². The lowest BCUT2D eigenvalue weighted by atomic mass is 9.70. The van der Waals surface area contributed by atoms with E-state index in [1.807, 2.05) is 6.07 Å². The van der Waals surface area contributed by atoms with Crippen molar-refractivity contribution in [3.63, 3.8) is 0 Å². The average Bonchev–Trinajstić information content (AvgIpc) is 2.25. The second kappa shape index (κ2) is 5.54. The molecule has 1 nitrogen and oxygen atoms in total. The lowest BCUT2D eigenvalue weighted by molar-refractivity contribution is 0.177. The van der Waals surface area contributed by atoms with Gasteiger partial charge in [-0.1, -0.05) is 26.8 Å². The summed E-state index contributed by atoms with van der Waals surface area (Å²) >= 11 is 7.25. The Morgan fingerprint density at radius 1 is 1.22 bits per heavy atom. The van der Waals surface area contributed by atoms with Crippen LogP contribution in [-0.2, 0) is 0 Å². The molecule has 0 aromatic heterocycles. The zero-order chi connectivity index (χ0) is 13.3. The Morgan fingerprint density at radius 3 is 2.39 bits per heavy atom. The number of hydrogen-bond acceptors (Lipinski definition) is 1. The van der Waals surface area contributed by atoms with Gasteiger partial charge < -0.3 is 5.32 Å². The molecule has 18 heavy (non-hydrogen) atoms. The minimum atomic E-state index is 0.503. The van der Waals surface area contributed by atoms with Gasteiger partial charge in [0.2, 0.25) is 0 Å². The Balaban J connectivity index is 2.11. The second-order valence-corrected chi connectivity index (χ2v) is 7.94. The first-order valence-electron chi connectivity index (χ1n) is 6.59. The second-order valence-electron chi connectivity index (χ2n) is 6.23. The van der Waals surface area contributed by atoms with Crippen LogP contribution in [0.3, 0.4) is 0 Å². The predicted molar refractivity (Wildman–Crippen MR) is 86.0 cm³/mol. The van der Waals surface area contributed by atoms with Gasteiger partial charge in [0.05, 0.1) is 5.69 Å². The summed E-state index contributed by atoms with van der Waals surface area (Å²) in [5.41, 5.74) is 1.69. The lowest BCUT2D eigenvalue weighted by Gasteiger charge is -2.40. The zero-order valence-corrected chi connectivity index (χ0v) is 14.4. The molecular weight excluding hydrogens is 354 g/mol. The van der Waals surface area contributed by atoms with E-state index >= 15 is 0 Å². The fourth-order valence-electron chi connectivity index (χ4n) is 2.98. The molecule has 3 heteroatoms. The van der Waals surface area contributed by atoms with E-state index in [1.54, 1.807) is 0 Å². The van der Waals surface area contributed by atoms with E-state index in [1.165, 1.54) is 24.9 Å².